The molecule has 7 heteroatoms. The van der Waals surface area contributed by atoms with Crippen molar-refractivity contribution in [1.82, 2.24) is 9.47 Å². The van der Waals surface area contributed by atoms with Gasteiger partial charge in [0.2, 0.25) is 0 Å². The number of nitrogens with zero attached hydrogens (tertiary/aromatic N) is 3. The zero-order valence-corrected chi connectivity index (χ0v) is 20.5. The summed E-state index contributed by atoms with van der Waals surface area (Å²) in [6, 6.07) is 19.6. The van der Waals surface area contributed by atoms with Crippen LogP contribution in [0.2, 0.25) is 0 Å². The van der Waals surface area contributed by atoms with Crippen molar-refractivity contribution in [2.45, 2.75) is 26.4 Å². The van der Waals surface area contributed by atoms with Gasteiger partial charge >= 0.3 is 0 Å². The molecular formula is C29H30FN3O3. The molecule has 2 aromatic heterocycles. The Morgan fingerprint density at radius 3 is 2.31 bits per heavy atom. The first-order valence-electron chi connectivity index (χ1n) is 12.2. The molecule has 0 radical (unpaired) electrons. The average Bonchev–Trinajstić information content (AvgIpc) is 3.39. The molecule has 186 valence electrons. The molecule has 5 rings (SSSR count). The predicted molar refractivity (Wildman–Crippen MR) is 138 cm³/mol. The van der Waals surface area contributed by atoms with E-state index in [1.807, 2.05) is 44.2 Å². The second-order valence-corrected chi connectivity index (χ2v) is 9.37. The molecule has 0 saturated carbocycles. The molecule has 1 aliphatic heterocycles. The fourth-order valence-electron chi connectivity index (χ4n) is 4.98. The summed E-state index contributed by atoms with van der Waals surface area (Å²) >= 11 is 0. The van der Waals surface area contributed by atoms with Crippen molar-refractivity contribution >= 4 is 5.69 Å². The maximum atomic E-state index is 13.9. The van der Waals surface area contributed by atoms with Crippen molar-refractivity contribution in [2.75, 3.05) is 31.1 Å². The normalized spacial score (nSPS) is 15.2. The van der Waals surface area contributed by atoms with E-state index in [0.29, 0.717) is 36.7 Å². The van der Waals surface area contributed by atoms with Crippen LogP contribution in [0.4, 0.5) is 10.1 Å². The average molecular weight is 488 g/mol. The Morgan fingerprint density at radius 2 is 1.67 bits per heavy atom. The van der Waals surface area contributed by atoms with Gasteiger partial charge in [0.05, 0.1) is 24.4 Å². The number of aromatic nitrogens is 1. The highest BCUT2D eigenvalue weighted by atomic mass is 19.1. The molecule has 1 N–H and O–H groups in total. The minimum atomic E-state index is -0.406. The lowest BCUT2D eigenvalue weighted by Gasteiger charge is -2.40. The minimum absolute atomic E-state index is 0.000246. The summed E-state index contributed by atoms with van der Waals surface area (Å²) in [6.07, 6.45) is 1.59. The molecule has 0 aliphatic carbocycles. The molecule has 1 atom stereocenters. The number of benzene rings is 2. The Labute approximate surface area is 209 Å². The summed E-state index contributed by atoms with van der Waals surface area (Å²) in [5.74, 6) is 0.425. The van der Waals surface area contributed by atoms with E-state index < -0.39 is 6.04 Å². The van der Waals surface area contributed by atoms with Gasteiger partial charge in [-0.15, -0.1) is 0 Å². The Bertz CT molecular complexity index is 1370. The number of furan rings is 1. The predicted octanol–water partition coefficient (Wildman–Crippen LogP) is 4.86. The maximum absolute atomic E-state index is 13.9. The molecule has 2 aromatic carbocycles. The van der Waals surface area contributed by atoms with Gasteiger partial charge in [0.25, 0.3) is 5.56 Å². The van der Waals surface area contributed by atoms with Crippen molar-refractivity contribution < 1.29 is 13.9 Å². The highest BCUT2D eigenvalue weighted by Crippen LogP contribution is 2.34. The van der Waals surface area contributed by atoms with Crippen LogP contribution in [-0.2, 0) is 6.54 Å². The van der Waals surface area contributed by atoms with Gasteiger partial charge in [-0.2, -0.15) is 0 Å². The number of aromatic hydroxyl groups is 1. The SMILES string of the molecule is Cc1ccc([C@@H](c2c(O)cc(C)n(Cc3ccco3)c2=O)N2CCN(c3ccc(F)cc3)CC2)cc1. The van der Waals surface area contributed by atoms with E-state index in [2.05, 4.69) is 9.80 Å². The molecule has 1 saturated heterocycles. The first-order valence-corrected chi connectivity index (χ1v) is 12.2. The van der Waals surface area contributed by atoms with Gasteiger partial charge < -0.3 is 19.0 Å². The topological polar surface area (TPSA) is 61.9 Å². The number of hydrogen-bond acceptors (Lipinski definition) is 5. The van der Waals surface area contributed by atoms with Crippen molar-refractivity contribution in [3.05, 3.63) is 117 Å². The first kappa shape index (κ1) is 23.9. The molecular weight excluding hydrogens is 457 g/mol. The molecule has 0 unspecified atom stereocenters. The van der Waals surface area contributed by atoms with Crippen molar-refractivity contribution in [2.24, 2.45) is 0 Å². The summed E-state index contributed by atoms with van der Waals surface area (Å²) in [4.78, 5) is 18.3. The third-order valence-corrected chi connectivity index (χ3v) is 6.95. The van der Waals surface area contributed by atoms with Crippen LogP contribution in [0.1, 0.15) is 34.2 Å². The van der Waals surface area contributed by atoms with Crippen LogP contribution in [0, 0.1) is 19.7 Å². The van der Waals surface area contributed by atoms with Crippen LogP contribution in [0.5, 0.6) is 5.75 Å². The highest BCUT2D eigenvalue weighted by molar-refractivity contribution is 5.47. The highest BCUT2D eigenvalue weighted by Gasteiger charge is 2.31. The third-order valence-electron chi connectivity index (χ3n) is 6.95. The zero-order chi connectivity index (χ0) is 25.2. The first-order chi connectivity index (χ1) is 17.4. The number of aryl methyl sites for hydroxylation is 2. The number of piperazine rings is 1. The quantitative estimate of drug-likeness (QED) is 0.421. The van der Waals surface area contributed by atoms with Gasteiger partial charge in [0.1, 0.15) is 17.3 Å². The Balaban J connectivity index is 1.51. The van der Waals surface area contributed by atoms with E-state index in [1.54, 1.807) is 35.1 Å². The van der Waals surface area contributed by atoms with Crippen LogP contribution < -0.4 is 10.5 Å². The van der Waals surface area contributed by atoms with Crippen LogP contribution in [0.15, 0.2) is 82.2 Å². The molecule has 6 nitrogen and oxygen atoms in total. The molecule has 0 bridgehead atoms. The minimum Gasteiger partial charge on any atom is -0.507 e. The molecule has 0 spiro atoms. The van der Waals surface area contributed by atoms with E-state index in [9.17, 15) is 14.3 Å². The number of rotatable bonds is 6. The maximum Gasteiger partial charge on any atom is 0.260 e. The van der Waals surface area contributed by atoms with Crippen LogP contribution >= 0.6 is 0 Å². The molecule has 0 amide bonds. The Morgan fingerprint density at radius 1 is 0.972 bits per heavy atom. The smallest absolute Gasteiger partial charge is 0.260 e. The van der Waals surface area contributed by atoms with Gasteiger partial charge in [-0.1, -0.05) is 29.8 Å². The summed E-state index contributed by atoms with van der Waals surface area (Å²) < 4.78 is 20.5. The second-order valence-electron chi connectivity index (χ2n) is 9.37. The zero-order valence-electron chi connectivity index (χ0n) is 20.5. The van der Waals surface area contributed by atoms with Crippen molar-refractivity contribution in [1.29, 1.82) is 0 Å². The molecule has 3 heterocycles. The molecule has 1 fully saturated rings. The van der Waals surface area contributed by atoms with E-state index in [-0.39, 0.29) is 17.1 Å². The summed E-state index contributed by atoms with van der Waals surface area (Å²) in [7, 11) is 0. The van der Waals surface area contributed by atoms with Gasteiger partial charge in [0, 0.05) is 37.6 Å². The Hall–Kier alpha value is -3.84. The molecule has 1 aliphatic rings. The van der Waals surface area contributed by atoms with E-state index in [0.717, 1.165) is 29.9 Å². The third kappa shape index (κ3) is 4.79. The van der Waals surface area contributed by atoms with Crippen molar-refractivity contribution in [3.8, 4) is 5.75 Å². The van der Waals surface area contributed by atoms with E-state index >= 15 is 0 Å². The molecule has 36 heavy (non-hydrogen) atoms. The standard InChI is InChI=1S/C29H30FN3O3/c1-20-5-7-22(8-6-20)28(32-15-13-31(14-16-32)24-11-9-23(30)10-12-24)27-26(34)18-21(2)33(29(27)35)19-25-4-3-17-36-25/h3-12,17-18,28,34H,13-16,19H2,1-2H3/t28-/m0/s1. The van der Waals surface area contributed by atoms with Gasteiger partial charge in [-0.3, -0.25) is 9.69 Å². The largest absolute Gasteiger partial charge is 0.507 e. The fraction of sp³-hybridized carbons (Fsp3) is 0.276. The van der Waals surface area contributed by atoms with Crippen LogP contribution in [0.3, 0.4) is 0 Å². The Kier molecular flexibility index (Phi) is 6.65. The monoisotopic (exact) mass is 487 g/mol. The number of pyridine rings is 1. The summed E-state index contributed by atoms with van der Waals surface area (Å²) in [5, 5.41) is 11.1. The van der Waals surface area contributed by atoms with E-state index in [4.69, 9.17) is 4.42 Å². The number of hydrogen-bond donors (Lipinski definition) is 1. The lowest BCUT2D eigenvalue weighted by molar-refractivity contribution is 0.207. The molecule has 4 aromatic rings. The number of halogens is 1. The second kappa shape index (κ2) is 10.0. The van der Waals surface area contributed by atoms with Gasteiger partial charge in [-0.05, 0) is 61.9 Å². The van der Waals surface area contributed by atoms with Crippen molar-refractivity contribution in [3.63, 3.8) is 0 Å². The van der Waals surface area contributed by atoms with Gasteiger partial charge in [0.15, 0.2) is 0 Å². The summed E-state index contributed by atoms with van der Waals surface area (Å²) in [6.45, 7) is 6.95. The summed E-state index contributed by atoms with van der Waals surface area (Å²) in [5.41, 5.74) is 3.86. The lowest BCUT2D eigenvalue weighted by Crippen LogP contribution is -2.49. The number of anilines is 1. The van der Waals surface area contributed by atoms with Crippen LogP contribution in [0.25, 0.3) is 0 Å². The lowest BCUT2D eigenvalue weighted by atomic mass is 9.95. The fourth-order valence-corrected chi connectivity index (χ4v) is 4.98. The van der Waals surface area contributed by atoms with Gasteiger partial charge in [-0.25, -0.2) is 4.39 Å². The van der Waals surface area contributed by atoms with E-state index in [1.165, 1.54) is 12.1 Å². The van der Waals surface area contributed by atoms with Crippen LogP contribution in [-0.4, -0.2) is 40.8 Å².